The van der Waals surface area contributed by atoms with Gasteiger partial charge in [0.15, 0.2) is 0 Å². The maximum absolute atomic E-state index is 5.58. The number of ether oxygens (including phenoxy) is 1. The molecule has 2 rings (SSSR count). The van der Waals surface area contributed by atoms with Gasteiger partial charge in [-0.25, -0.2) is 0 Å². The number of hydrogen-bond acceptors (Lipinski definition) is 3. The van der Waals surface area contributed by atoms with E-state index in [0.717, 1.165) is 12.6 Å². The van der Waals surface area contributed by atoms with Crippen LogP contribution in [0.1, 0.15) is 25.7 Å². The Morgan fingerprint density at radius 1 is 1.23 bits per heavy atom. The summed E-state index contributed by atoms with van der Waals surface area (Å²) >= 11 is 2.06. The molecule has 0 amide bonds. The molecule has 0 radical (unpaired) electrons. The van der Waals surface area contributed by atoms with Gasteiger partial charge in [-0.15, -0.1) is 0 Å². The molecule has 1 N–H and O–H groups in total. The van der Waals surface area contributed by atoms with Crippen molar-refractivity contribution in [2.75, 3.05) is 24.7 Å². The average Bonchev–Trinajstić information content (AvgIpc) is 2.75. The highest BCUT2D eigenvalue weighted by atomic mass is 32.2. The van der Waals surface area contributed by atoms with Crippen LogP contribution in [0.5, 0.6) is 0 Å². The van der Waals surface area contributed by atoms with Gasteiger partial charge in [-0.3, -0.25) is 0 Å². The summed E-state index contributed by atoms with van der Waals surface area (Å²) in [6.07, 6.45) is 5.85. The minimum atomic E-state index is 0.561. The Balaban J connectivity index is 1.52. The van der Waals surface area contributed by atoms with Crippen molar-refractivity contribution in [3.63, 3.8) is 0 Å². The number of thioether (sulfide) groups is 1. The lowest BCUT2D eigenvalue weighted by molar-refractivity contribution is 0.129. The average molecular weight is 201 g/mol. The first-order valence-corrected chi connectivity index (χ1v) is 6.53. The van der Waals surface area contributed by atoms with E-state index < -0.39 is 0 Å². The lowest BCUT2D eigenvalue weighted by atomic mass is 10.3. The summed E-state index contributed by atoms with van der Waals surface area (Å²) in [5, 5.41) is 3.52. The molecule has 2 atom stereocenters. The van der Waals surface area contributed by atoms with Gasteiger partial charge in [-0.2, -0.15) is 11.8 Å². The zero-order valence-corrected chi connectivity index (χ0v) is 8.94. The van der Waals surface area contributed by atoms with Crippen molar-refractivity contribution in [3.05, 3.63) is 0 Å². The molecule has 76 valence electrons. The van der Waals surface area contributed by atoms with Crippen LogP contribution in [0, 0.1) is 0 Å². The Hall–Kier alpha value is 0.270. The summed E-state index contributed by atoms with van der Waals surface area (Å²) in [5.74, 6) is 2.48. The number of nitrogens with one attached hydrogen (secondary N) is 1. The van der Waals surface area contributed by atoms with Gasteiger partial charge < -0.3 is 10.1 Å². The van der Waals surface area contributed by atoms with E-state index >= 15 is 0 Å². The van der Waals surface area contributed by atoms with Crippen molar-refractivity contribution >= 4 is 11.8 Å². The highest BCUT2D eigenvalue weighted by Gasteiger charge is 2.17. The van der Waals surface area contributed by atoms with E-state index in [0.29, 0.717) is 6.10 Å². The quantitative estimate of drug-likeness (QED) is 0.747. The molecule has 2 fully saturated rings. The molecule has 2 nitrogen and oxygen atoms in total. The molecule has 3 heteroatoms. The monoisotopic (exact) mass is 201 g/mol. The number of hydrogen-bond donors (Lipinski definition) is 1. The second-order valence-corrected chi connectivity index (χ2v) is 5.04. The minimum absolute atomic E-state index is 0.561. The van der Waals surface area contributed by atoms with E-state index in [1.807, 2.05) is 0 Å². The second-order valence-electron chi connectivity index (χ2n) is 3.97. The molecule has 2 aliphatic rings. The summed E-state index contributed by atoms with van der Waals surface area (Å²) in [6.45, 7) is 2.22. The first-order chi connectivity index (χ1) is 6.45. The van der Waals surface area contributed by atoms with Crippen molar-refractivity contribution in [3.8, 4) is 0 Å². The normalized spacial score (nSPS) is 34.2. The van der Waals surface area contributed by atoms with E-state index in [-0.39, 0.29) is 0 Å². The zero-order valence-electron chi connectivity index (χ0n) is 8.13. The van der Waals surface area contributed by atoms with Crippen molar-refractivity contribution in [2.45, 2.75) is 37.8 Å². The third-order valence-electron chi connectivity index (χ3n) is 2.81. The summed E-state index contributed by atoms with van der Waals surface area (Å²) in [6, 6.07) is 0.784. The third kappa shape index (κ3) is 3.15. The standard InChI is InChI=1S/C10H19NOS/c1-3-9(11-5-1)7-13-8-10-4-2-6-12-10/h9-11H,1-8H2/t9-,10?/m0/s1. The molecule has 0 spiro atoms. The maximum Gasteiger partial charge on any atom is 0.0666 e. The summed E-state index contributed by atoms with van der Waals surface area (Å²) in [5.41, 5.74) is 0. The lowest BCUT2D eigenvalue weighted by Gasteiger charge is -2.12. The molecule has 0 aromatic rings. The Morgan fingerprint density at radius 2 is 2.23 bits per heavy atom. The van der Waals surface area contributed by atoms with Crippen LogP contribution < -0.4 is 5.32 Å². The van der Waals surface area contributed by atoms with E-state index in [1.54, 1.807) is 0 Å². The van der Waals surface area contributed by atoms with Crippen molar-refractivity contribution in [2.24, 2.45) is 0 Å². The maximum atomic E-state index is 5.58. The molecule has 2 heterocycles. The van der Waals surface area contributed by atoms with E-state index in [1.165, 1.54) is 43.7 Å². The van der Waals surface area contributed by atoms with Gasteiger partial charge >= 0.3 is 0 Å². The molecular weight excluding hydrogens is 182 g/mol. The van der Waals surface area contributed by atoms with Crippen LogP contribution >= 0.6 is 11.8 Å². The molecule has 0 saturated carbocycles. The Bertz CT molecular complexity index is 126. The Kier molecular flexibility index (Phi) is 3.94. The third-order valence-corrected chi connectivity index (χ3v) is 4.05. The Labute approximate surface area is 84.8 Å². The van der Waals surface area contributed by atoms with Crippen LogP contribution in [-0.2, 0) is 4.74 Å². The number of rotatable bonds is 4. The highest BCUT2D eigenvalue weighted by molar-refractivity contribution is 7.99. The molecule has 2 aliphatic heterocycles. The van der Waals surface area contributed by atoms with Gasteiger partial charge in [0.2, 0.25) is 0 Å². The molecule has 0 bridgehead atoms. The van der Waals surface area contributed by atoms with Crippen LogP contribution in [0.2, 0.25) is 0 Å². The predicted molar refractivity (Wildman–Crippen MR) is 57.3 cm³/mol. The van der Waals surface area contributed by atoms with E-state index in [2.05, 4.69) is 17.1 Å². The fraction of sp³-hybridized carbons (Fsp3) is 1.00. The van der Waals surface area contributed by atoms with E-state index in [4.69, 9.17) is 4.74 Å². The first kappa shape index (κ1) is 9.81. The van der Waals surface area contributed by atoms with Gasteiger partial charge in [0.1, 0.15) is 0 Å². The SMILES string of the molecule is C1COC(CSC[C@@H]2CCCN2)C1. The Morgan fingerprint density at radius 3 is 2.92 bits per heavy atom. The van der Waals surface area contributed by atoms with E-state index in [9.17, 15) is 0 Å². The summed E-state index contributed by atoms with van der Waals surface area (Å²) in [7, 11) is 0. The van der Waals surface area contributed by atoms with Gasteiger partial charge in [-0.1, -0.05) is 0 Å². The van der Waals surface area contributed by atoms with Crippen LogP contribution in [0.15, 0.2) is 0 Å². The fourth-order valence-electron chi connectivity index (χ4n) is 2.02. The lowest BCUT2D eigenvalue weighted by Crippen LogP contribution is -2.24. The molecule has 0 aromatic carbocycles. The minimum Gasteiger partial charge on any atom is -0.377 e. The van der Waals surface area contributed by atoms with Gasteiger partial charge in [0.05, 0.1) is 6.10 Å². The first-order valence-electron chi connectivity index (χ1n) is 5.38. The molecule has 13 heavy (non-hydrogen) atoms. The van der Waals surface area contributed by atoms with Gasteiger partial charge in [-0.05, 0) is 32.2 Å². The molecular formula is C10H19NOS. The fourth-order valence-corrected chi connectivity index (χ4v) is 3.25. The predicted octanol–water partition coefficient (Wildman–Crippen LogP) is 1.65. The van der Waals surface area contributed by atoms with Crippen LogP contribution in [-0.4, -0.2) is 36.8 Å². The smallest absolute Gasteiger partial charge is 0.0666 e. The molecule has 0 aromatic heterocycles. The van der Waals surface area contributed by atoms with Crippen LogP contribution in [0.4, 0.5) is 0 Å². The molecule has 0 aliphatic carbocycles. The van der Waals surface area contributed by atoms with Crippen molar-refractivity contribution in [1.82, 2.24) is 5.32 Å². The van der Waals surface area contributed by atoms with Crippen LogP contribution in [0.3, 0.4) is 0 Å². The molecule has 1 unspecified atom stereocenters. The summed E-state index contributed by atoms with van der Waals surface area (Å²) < 4.78 is 5.58. The van der Waals surface area contributed by atoms with Crippen LogP contribution in [0.25, 0.3) is 0 Å². The van der Waals surface area contributed by atoms with Gasteiger partial charge in [0, 0.05) is 24.2 Å². The molecule has 2 saturated heterocycles. The second kappa shape index (κ2) is 5.23. The highest BCUT2D eigenvalue weighted by Crippen LogP contribution is 2.19. The van der Waals surface area contributed by atoms with Crippen molar-refractivity contribution < 1.29 is 4.74 Å². The topological polar surface area (TPSA) is 21.3 Å². The largest absolute Gasteiger partial charge is 0.377 e. The summed E-state index contributed by atoms with van der Waals surface area (Å²) in [4.78, 5) is 0. The van der Waals surface area contributed by atoms with Gasteiger partial charge in [0.25, 0.3) is 0 Å². The van der Waals surface area contributed by atoms with Crippen molar-refractivity contribution in [1.29, 1.82) is 0 Å². The zero-order chi connectivity index (χ0) is 8.93.